The van der Waals surface area contributed by atoms with E-state index in [1.165, 1.54) is 7.11 Å². The van der Waals surface area contributed by atoms with E-state index in [1.807, 2.05) is 30.5 Å². The zero-order chi connectivity index (χ0) is 20.3. The molecule has 28 heavy (non-hydrogen) atoms. The van der Waals surface area contributed by atoms with Crippen LogP contribution in [0.25, 0.3) is 10.9 Å². The Bertz CT molecular complexity index is 826. The Labute approximate surface area is 167 Å². The number of carbonyl (C=O) groups is 2. The van der Waals surface area contributed by atoms with Crippen molar-refractivity contribution >= 4 is 22.8 Å². The van der Waals surface area contributed by atoms with Gasteiger partial charge in [-0.25, -0.2) is 4.79 Å². The van der Waals surface area contributed by atoms with E-state index in [9.17, 15) is 9.59 Å². The monoisotopic (exact) mass is 384 g/mol. The molecule has 0 saturated heterocycles. The zero-order valence-electron chi connectivity index (χ0n) is 17.4. The Balaban J connectivity index is 1.66. The maximum absolute atomic E-state index is 12.9. The van der Waals surface area contributed by atoms with E-state index in [0.717, 1.165) is 42.1 Å². The summed E-state index contributed by atoms with van der Waals surface area (Å²) in [6.45, 7) is 6.81. The van der Waals surface area contributed by atoms with E-state index < -0.39 is 12.0 Å². The predicted molar refractivity (Wildman–Crippen MR) is 111 cm³/mol. The highest BCUT2D eigenvalue weighted by Crippen LogP contribution is 2.39. The first-order valence-electron chi connectivity index (χ1n) is 10.2. The van der Waals surface area contributed by atoms with Crippen LogP contribution in [0.15, 0.2) is 30.5 Å². The van der Waals surface area contributed by atoms with Crippen LogP contribution in [0.3, 0.4) is 0 Å². The van der Waals surface area contributed by atoms with Gasteiger partial charge in [-0.2, -0.15) is 0 Å². The Morgan fingerprint density at radius 1 is 1.18 bits per heavy atom. The number of benzene rings is 1. The standard InChI is InChI=1S/C23H32N2O3/c1-23(2,3)17-11-9-15(10-12-17)21(26)25-20(22(27)28-4)13-16-14-24-19-8-6-5-7-18(16)19/h5-8,14-15,17,20,24H,9-13H2,1-4H3,(H,25,26). The highest BCUT2D eigenvalue weighted by Gasteiger charge is 2.34. The predicted octanol–water partition coefficient (Wildman–Crippen LogP) is 4.22. The summed E-state index contributed by atoms with van der Waals surface area (Å²) >= 11 is 0. The second kappa shape index (κ2) is 8.38. The molecule has 1 atom stereocenters. The summed E-state index contributed by atoms with van der Waals surface area (Å²) in [5, 5.41) is 4.03. The van der Waals surface area contributed by atoms with Crippen molar-refractivity contribution in [2.75, 3.05) is 7.11 Å². The molecule has 1 unspecified atom stereocenters. The number of hydrogen-bond acceptors (Lipinski definition) is 3. The molecule has 0 aliphatic heterocycles. The lowest BCUT2D eigenvalue weighted by atomic mass is 9.69. The first kappa shape index (κ1) is 20.4. The van der Waals surface area contributed by atoms with Crippen molar-refractivity contribution in [3.05, 3.63) is 36.0 Å². The van der Waals surface area contributed by atoms with Crippen LogP contribution in [0.5, 0.6) is 0 Å². The Morgan fingerprint density at radius 2 is 1.86 bits per heavy atom. The van der Waals surface area contributed by atoms with E-state index in [-0.39, 0.29) is 17.2 Å². The molecule has 1 amide bonds. The number of aromatic amines is 1. The molecule has 152 valence electrons. The van der Waals surface area contributed by atoms with Gasteiger partial charge in [0.05, 0.1) is 7.11 Å². The van der Waals surface area contributed by atoms with Crippen LogP contribution >= 0.6 is 0 Å². The number of para-hydroxylation sites is 1. The van der Waals surface area contributed by atoms with E-state index in [4.69, 9.17) is 4.74 Å². The van der Waals surface area contributed by atoms with Gasteiger partial charge in [-0.3, -0.25) is 4.79 Å². The molecule has 3 rings (SSSR count). The molecule has 2 N–H and O–H groups in total. The fourth-order valence-electron chi connectivity index (χ4n) is 4.37. The molecule has 1 saturated carbocycles. The van der Waals surface area contributed by atoms with Crippen LogP contribution in [0.4, 0.5) is 0 Å². The van der Waals surface area contributed by atoms with Gasteiger partial charge < -0.3 is 15.0 Å². The molecule has 0 radical (unpaired) electrons. The molecule has 5 heteroatoms. The summed E-state index contributed by atoms with van der Waals surface area (Å²) in [4.78, 5) is 28.4. The smallest absolute Gasteiger partial charge is 0.328 e. The molecule has 1 aromatic carbocycles. The van der Waals surface area contributed by atoms with Crippen molar-refractivity contribution in [2.24, 2.45) is 17.3 Å². The number of methoxy groups -OCH3 is 1. The highest BCUT2D eigenvalue weighted by atomic mass is 16.5. The van der Waals surface area contributed by atoms with Crippen molar-refractivity contribution < 1.29 is 14.3 Å². The first-order chi connectivity index (χ1) is 13.3. The molecular formula is C23H32N2O3. The molecule has 1 aliphatic carbocycles. The van der Waals surface area contributed by atoms with Gasteiger partial charge in [0, 0.05) is 29.4 Å². The van der Waals surface area contributed by atoms with Gasteiger partial charge in [-0.1, -0.05) is 39.0 Å². The summed E-state index contributed by atoms with van der Waals surface area (Å²) in [6.07, 6.45) is 6.21. The Morgan fingerprint density at radius 3 is 2.50 bits per heavy atom. The van der Waals surface area contributed by atoms with Crippen molar-refractivity contribution in [1.29, 1.82) is 0 Å². The number of hydrogen-bond donors (Lipinski definition) is 2. The fourth-order valence-corrected chi connectivity index (χ4v) is 4.37. The fraction of sp³-hybridized carbons (Fsp3) is 0.565. The maximum Gasteiger partial charge on any atom is 0.328 e. The second-order valence-corrected chi connectivity index (χ2v) is 9.06. The SMILES string of the molecule is COC(=O)C(Cc1c[nH]c2ccccc12)NC(=O)C1CCC(C(C)(C)C)CC1. The van der Waals surface area contributed by atoms with E-state index in [2.05, 4.69) is 31.1 Å². The van der Waals surface area contributed by atoms with E-state index >= 15 is 0 Å². The topological polar surface area (TPSA) is 71.2 Å². The summed E-state index contributed by atoms with van der Waals surface area (Å²) < 4.78 is 4.96. The number of aromatic nitrogens is 1. The Kier molecular flexibility index (Phi) is 6.11. The average molecular weight is 385 g/mol. The summed E-state index contributed by atoms with van der Waals surface area (Å²) in [7, 11) is 1.37. The van der Waals surface area contributed by atoms with Crippen LogP contribution in [-0.4, -0.2) is 30.0 Å². The molecule has 1 fully saturated rings. The minimum atomic E-state index is -0.669. The Hall–Kier alpha value is -2.30. The van der Waals surface area contributed by atoms with Gasteiger partial charge in [0.15, 0.2) is 0 Å². The first-order valence-corrected chi connectivity index (χ1v) is 10.2. The number of fused-ring (bicyclic) bond motifs is 1. The van der Waals surface area contributed by atoms with Crippen molar-refractivity contribution in [1.82, 2.24) is 10.3 Å². The summed E-state index contributed by atoms with van der Waals surface area (Å²) in [5.41, 5.74) is 2.31. The normalized spacial score (nSPS) is 21.3. The average Bonchev–Trinajstić information content (AvgIpc) is 3.09. The third-order valence-corrected chi connectivity index (χ3v) is 6.22. The van der Waals surface area contributed by atoms with Crippen LogP contribution in [-0.2, 0) is 20.7 Å². The van der Waals surface area contributed by atoms with Gasteiger partial charge in [-0.05, 0) is 48.6 Å². The lowest BCUT2D eigenvalue weighted by Gasteiger charge is -2.36. The second-order valence-electron chi connectivity index (χ2n) is 9.06. The largest absolute Gasteiger partial charge is 0.467 e. The van der Waals surface area contributed by atoms with Gasteiger partial charge in [0.1, 0.15) is 6.04 Å². The molecule has 1 heterocycles. The van der Waals surface area contributed by atoms with Crippen molar-refractivity contribution in [3.8, 4) is 0 Å². The quantitative estimate of drug-likeness (QED) is 0.758. The number of nitrogens with one attached hydrogen (secondary N) is 2. The molecule has 0 bridgehead atoms. The van der Waals surface area contributed by atoms with Gasteiger partial charge in [-0.15, -0.1) is 0 Å². The number of rotatable bonds is 5. The van der Waals surface area contributed by atoms with Crippen molar-refractivity contribution in [2.45, 2.75) is 58.9 Å². The highest BCUT2D eigenvalue weighted by molar-refractivity contribution is 5.88. The van der Waals surface area contributed by atoms with E-state index in [0.29, 0.717) is 12.3 Å². The lowest BCUT2D eigenvalue weighted by Crippen LogP contribution is -2.46. The van der Waals surface area contributed by atoms with Crippen LogP contribution in [0, 0.1) is 17.3 Å². The third kappa shape index (κ3) is 4.57. The van der Waals surface area contributed by atoms with Gasteiger partial charge in [0.25, 0.3) is 0 Å². The molecule has 1 aromatic heterocycles. The maximum atomic E-state index is 12.9. The number of esters is 1. The number of ether oxygens (including phenoxy) is 1. The minimum Gasteiger partial charge on any atom is -0.467 e. The van der Waals surface area contributed by atoms with Gasteiger partial charge >= 0.3 is 5.97 Å². The van der Waals surface area contributed by atoms with Crippen molar-refractivity contribution in [3.63, 3.8) is 0 Å². The molecule has 0 spiro atoms. The lowest BCUT2D eigenvalue weighted by molar-refractivity contribution is -0.145. The number of H-pyrrole nitrogens is 1. The van der Waals surface area contributed by atoms with Crippen LogP contribution < -0.4 is 5.32 Å². The molecular weight excluding hydrogens is 352 g/mol. The number of carbonyl (C=O) groups excluding carboxylic acids is 2. The van der Waals surface area contributed by atoms with Gasteiger partial charge in [0.2, 0.25) is 5.91 Å². The van der Waals surface area contributed by atoms with E-state index in [1.54, 1.807) is 0 Å². The molecule has 2 aromatic rings. The third-order valence-electron chi connectivity index (χ3n) is 6.22. The minimum absolute atomic E-state index is 0.0197. The zero-order valence-corrected chi connectivity index (χ0v) is 17.4. The summed E-state index contributed by atoms with van der Waals surface area (Å²) in [5.74, 6) is 0.206. The molecule has 1 aliphatic rings. The van der Waals surface area contributed by atoms with Crippen LogP contribution in [0.1, 0.15) is 52.0 Å². The number of amides is 1. The molecule has 5 nitrogen and oxygen atoms in total. The van der Waals surface area contributed by atoms with Crippen LogP contribution in [0.2, 0.25) is 0 Å². The summed E-state index contributed by atoms with van der Waals surface area (Å²) in [6, 6.07) is 7.29.